The van der Waals surface area contributed by atoms with Gasteiger partial charge < -0.3 is 10.1 Å². The fourth-order valence-corrected chi connectivity index (χ4v) is 2.36. The van der Waals surface area contributed by atoms with Crippen LogP contribution >= 0.6 is 0 Å². The molecule has 1 amide bonds. The molecule has 0 heterocycles. The second-order valence-corrected chi connectivity index (χ2v) is 5.21. The molecule has 120 valence electrons. The van der Waals surface area contributed by atoms with Crippen molar-refractivity contribution < 1.29 is 27.5 Å². The Morgan fingerprint density at radius 1 is 1.14 bits per heavy atom. The van der Waals surface area contributed by atoms with Gasteiger partial charge in [0.05, 0.1) is 11.5 Å². The van der Waals surface area contributed by atoms with Crippen molar-refractivity contribution in [1.82, 2.24) is 0 Å². The van der Waals surface area contributed by atoms with Crippen LogP contribution in [0.3, 0.4) is 0 Å². The van der Waals surface area contributed by atoms with Gasteiger partial charge >= 0.3 is 12.1 Å². The van der Waals surface area contributed by atoms with Crippen molar-refractivity contribution in [1.29, 1.82) is 0 Å². The number of nitrogens with one attached hydrogen (secondary N) is 1. The molecule has 1 aromatic carbocycles. The molecule has 0 spiro atoms. The molecule has 0 radical (unpaired) electrons. The van der Waals surface area contributed by atoms with Gasteiger partial charge in [-0.1, -0.05) is 12.8 Å². The Morgan fingerprint density at radius 2 is 1.73 bits per heavy atom. The monoisotopic (exact) mass is 315 g/mol. The minimum Gasteiger partial charge on any atom is -0.455 e. The first-order chi connectivity index (χ1) is 10.4. The van der Waals surface area contributed by atoms with Crippen LogP contribution in [0.2, 0.25) is 0 Å². The zero-order valence-corrected chi connectivity index (χ0v) is 11.8. The van der Waals surface area contributed by atoms with E-state index in [1.807, 2.05) is 0 Å². The van der Waals surface area contributed by atoms with E-state index in [9.17, 15) is 22.8 Å². The van der Waals surface area contributed by atoms with Crippen LogP contribution in [0.5, 0.6) is 0 Å². The van der Waals surface area contributed by atoms with E-state index < -0.39 is 24.3 Å². The van der Waals surface area contributed by atoms with Gasteiger partial charge in [0.15, 0.2) is 6.61 Å². The highest BCUT2D eigenvalue weighted by Gasteiger charge is 2.30. The molecular weight excluding hydrogens is 299 g/mol. The molecule has 0 aliphatic heterocycles. The molecule has 0 saturated heterocycles. The van der Waals surface area contributed by atoms with Crippen LogP contribution in [-0.2, 0) is 20.5 Å². The molecule has 1 fully saturated rings. The van der Waals surface area contributed by atoms with Gasteiger partial charge in [-0.3, -0.25) is 9.59 Å². The molecular formula is C15H16F3NO3. The van der Waals surface area contributed by atoms with E-state index in [4.69, 9.17) is 4.74 Å². The molecule has 0 bridgehead atoms. The maximum atomic E-state index is 12.4. The molecule has 0 atom stereocenters. The molecule has 1 aliphatic rings. The molecule has 1 saturated carbocycles. The summed E-state index contributed by atoms with van der Waals surface area (Å²) in [6.45, 7) is -0.434. The van der Waals surface area contributed by atoms with E-state index in [-0.39, 0.29) is 17.6 Å². The summed E-state index contributed by atoms with van der Waals surface area (Å²) in [4.78, 5) is 23.2. The fourth-order valence-electron chi connectivity index (χ4n) is 2.36. The Labute approximate surface area is 125 Å². The fraction of sp³-hybridized carbons (Fsp3) is 0.467. The molecule has 2 rings (SSSR count). The number of ether oxygens (including phenoxy) is 1. The topological polar surface area (TPSA) is 55.4 Å². The minimum absolute atomic E-state index is 0.140. The predicted octanol–water partition coefficient (Wildman–Crippen LogP) is 3.38. The Kier molecular flexibility index (Phi) is 5.05. The Bertz CT molecular complexity index is 534. The quantitative estimate of drug-likeness (QED) is 0.867. The van der Waals surface area contributed by atoms with Gasteiger partial charge in [-0.15, -0.1) is 0 Å². The zero-order valence-electron chi connectivity index (χ0n) is 11.8. The number of carbonyl (C=O) groups excluding carboxylic acids is 2. The number of hydrogen-bond donors (Lipinski definition) is 1. The molecule has 22 heavy (non-hydrogen) atoms. The average molecular weight is 315 g/mol. The third kappa shape index (κ3) is 4.47. The van der Waals surface area contributed by atoms with Gasteiger partial charge in [0.1, 0.15) is 0 Å². The number of halogens is 3. The van der Waals surface area contributed by atoms with Crippen LogP contribution in [0.25, 0.3) is 0 Å². The number of anilines is 1. The molecule has 7 heteroatoms. The summed E-state index contributed by atoms with van der Waals surface area (Å²) in [6.07, 6.45) is -0.896. The molecule has 0 aromatic heterocycles. The highest BCUT2D eigenvalue weighted by Crippen LogP contribution is 2.29. The summed E-state index contributed by atoms with van der Waals surface area (Å²) < 4.78 is 42.1. The van der Waals surface area contributed by atoms with Gasteiger partial charge in [-0.25, -0.2) is 0 Å². The molecule has 1 aromatic rings. The summed E-state index contributed by atoms with van der Waals surface area (Å²) in [6, 6.07) is 4.05. The lowest BCUT2D eigenvalue weighted by Crippen LogP contribution is -2.23. The number of carbonyl (C=O) groups is 2. The number of esters is 1. The SMILES string of the molecule is O=C(COC(=O)C1CCCC1)Nc1ccc(C(F)(F)F)cc1. The summed E-state index contributed by atoms with van der Waals surface area (Å²) in [5, 5.41) is 2.38. The van der Waals surface area contributed by atoms with Gasteiger partial charge in [-0.05, 0) is 37.1 Å². The van der Waals surface area contributed by atoms with E-state index in [1.165, 1.54) is 0 Å². The maximum Gasteiger partial charge on any atom is 0.416 e. The smallest absolute Gasteiger partial charge is 0.416 e. The first kappa shape index (κ1) is 16.3. The molecule has 0 unspecified atom stereocenters. The normalized spacial score (nSPS) is 15.6. The van der Waals surface area contributed by atoms with Crippen LogP contribution in [0, 0.1) is 5.92 Å². The first-order valence-corrected chi connectivity index (χ1v) is 7.00. The van der Waals surface area contributed by atoms with Crippen LogP contribution in [0.4, 0.5) is 18.9 Å². The standard InChI is InChI=1S/C15H16F3NO3/c16-15(17,18)11-5-7-12(8-6-11)19-13(20)9-22-14(21)10-3-1-2-4-10/h5-8,10H,1-4,9H2,(H,19,20). The number of hydrogen-bond acceptors (Lipinski definition) is 3. The number of alkyl halides is 3. The van der Waals surface area contributed by atoms with E-state index in [1.54, 1.807) is 0 Å². The number of benzene rings is 1. The lowest BCUT2D eigenvalue weighted by Gasteiger charge is -2.11. The molecule has 1 N–H and O–H groups in total. The predicted molar refractivity (Wildman–Crippen MR) is 73.0 cm³/mol. The van der Waals surface area contributed by atoms with Crippen LogP contribution in [-0.4, -0.2) is 18.5 Å². The lowest BCUT2D eigenvalue weighted by molar-refractivity contribution is -0.151. The third-order valence-electron chi connectivity index (χ3n) is 3.53. The van der Waals surface area contributed by atoms with Gasteiger partial charge in [0, 0.05) is 5.69 Å². The average Bonchev–Trinajstić information content (AvgIpc) is 2.98. The highest BCUT2D eigenvalue weighted by atomic mass is 19.4. The van der Waals surface area contributed by atoms with Crippen LogP contribution < -0.4 is 5.32 Å². The summed E-state index contributed by atoms with van der Waals surface area (Å²) in [5.41, 5.74) is -0.576. The third-order valence-corrected chi connectivity index (χ3v) is 3.53. The van der Waals surface area contributed by atoms with Crippen molar-refractivity contribution in [2.24, 2.45) is 5.92 Å². The largest absolute Gasteiger partial charge is 0.455 e. The van der Waals surface area contributed by atoms with Crippen molar-refractivity contribution in [3.8, 4) is 0 Å². The first-order valence-electron chi connectivity index (χ1n) is 7.00. The number of amides is 1. The van der Waals surface area contributed by atoms with Crippen molar-refractivity contribution in [3.05, 3.63) is 29.8 Å². The Hall–Kier alpha value is -2.05. The van der Waals surface area contributed by atoms with E-state index in [0.717, 1.165) is 49.9 Å². The van der Waals surface area contributed by atoms with Crippen molar-refractivity contribution in [2.45, 2.75) is 31.9 Å². The van der Waals surface area contributed by atoms with Gasteiger partial charge in [-0.2, -0.15) is 13.2 Å². The second kappa shape index (κ2) is 6.81. The second-order valence-electron chi connectivity index (χ2n) is 5.21. The van der Waals surface area contributed by atoms with Crippen LogP contribution in [0.1, 0.15) is 31.2 Å². The lowest BCUT2D eigenvalue weighted by atomic mass is 10.1. The Balaban J connectivity index is 1.80. The summed E-state index contributed by atoms with van der Waals surface area (Å²) in [7, 11) is 0. The molecule has 4 nitrogen and oxygen atoms in total. The maximum absolute atomic E-state index is 12.4. The van der Waals surface area contributed by atoms with E-state index in [2.05, 4.69) is 5.32 Å². The summed E-state index contributed by atoms with van der Waals surface area (Å²) >= 11 is 0. The van der Waals surface area contributed by atoms with Crippen molar-refractivity contribution in [3.63, 3.8) is 0 Å². The zero-order chi connectivity index (χ0) is 16.2. The van der Waals surface area contributed by atoms with Gasteiger partial charge in [0.25, 0.3) is 5.91 Å². The van der Waals surface area contributed by atoms with E-state index >= 15 is 0 Å². The Morgan fingerprint density at radius 3 is 2.27 bits per heavy atom. The van der Waals surface area contributed by atoms with Crippen molar-refractivity contribution in [2.75, 3.05) is 11.9 Å². The highest BCUT2D eigenvalue weighted by molar-refractivity contribution is 5.92. The summed E-state index contributed by atoms with van der Waals surface area (Å²) in [5.74, 6) is -1.11. The minimum atomic E-state index is -4.42. The molecule has 1 aliphatic carbocycles. The van der Waals surface area contributed by atoms with Crippen LogP contribution in [0.15, 0.2) is 24.3 Å². The van der Waals surface area contributed by atoms with Crippen molar-refractivity contribution >= 4 is 17.6 Å². The van der Waals surface area contributed by atoms with E-state index in [0.29, 0.717) is 0 Å². The van der Waals surface area contributed by atoms with Gasteiger partial charge in [0.2, 0.25) is 0 Å². The number of rotatable bonds is 4.